The topological polar surface area (TPSA) is 114 Å². The lowest BCUT2D eigenvalue weighted by atomic mass is 10.5. The van der Waals surface area contributed by atoms with Gasteiger partial charge >= 0.3 is 12.0 Å². The molecule has 3 amide bonds. The molecule has 1 rings (SSSR count). The third kappa shape index (κ3) is 6.32. The van der Waals surface area contributed by atoms with Crippen molar-refractivity contribution in [1.82, 2.24) is 20.6 Å². The minimum absolute atomic E-state index is 0.113. The monoisotopic (exact) mass is 295 g/mol. The summed E-state index contributed by atoms with van der Waals surface area (Å²) < 4.78 is 4.75. The van der Waals surface area contributed by atoms with E-state index < -0.39 is 24.5 Å². The van der Waals surface area contributed by atoms with Gasteiger partial charge in [0.1, 0.15) is 6.54 Å². The lowest BCUT2D eigenvalue weighted by Gasteiger charge is -2.15. The zero-order chi connectivity index (χ0) is 15.7. The van der Waals surface area contributed by atoms with Crippen molar-refractivity contribution < 1.29 is 19.1 Å². The molecular weight excluding hydrogens is 278 g/mol. The minimum atomic E-state index is -0.701. The first-order valence-electron chi connectivity index (χ1n) is 6.24. The van der Waals surface area contributed by atoms with Crippen molar-refractivity contribution in [1.29, 1.82) is 0 Å². The van der Waals surface area contributed by atoms with E-state index in [4.69, 9.17) is 4.74 Å². The average molecular weight is 295 g/mol. The van der Waals surface area contributed by atoms with Crippen molar-refractivity contribution in [2.45, 2.75) is 6.92 Å². The number of hydrogen-bond donors (Lipinski definition) is 2. The van der Waals surface area contributed by atoms with Crippen molar-refractivity contribution in [3.63, 3.8) is 0 Å². The fourth-order valence-corrected chi connectivity index (χ4v) is 1.31. The summed E-state index contributed by atoms with van der Waals surface area (Å²) in [5.41, 5.74) is 0. The lowest BCUT2D eigenvalue weighted by Crippen LogP contribution is -2.41. The molecule has 114 valence electrons. The highest BCUT2D eigenvalue weighted by Crippen LogP contribution is 2.01. The zero-order valence-corrected chi connectivity index (χ0v) is 11.8. The fraction of sp³-hybridized carbons (Fsp3) is 0.417. The predicted octanol–water partition coefficient (Wildman–Crippen LogP) is -0.698. The van der Waals surface area contributed by atoms with Crippen LogP contribution in [0.2, 0.25) is 0 Å². The predicted molar refractivity (Wildman–Crippen MR) is 73.5 cm³/mol. The minimum Gasteiger partial charge on any atom is -0.454 e. The summed E-state index contributed by atoms with van der Waals surface area (Å²) in [4.78, 5) is 43.3. The number of likely N-dealkylation sites (N-methyl/N-ethyl adjacent to an activating group) is 1. The Morgan fingerprint density at radius 1 is 1.29 bits per heavy atom. The molecule has 1 heterocycles. The molecule has 2 N–H and O–H groups in total. The Balaban J connectivity index is 2.31. The quantitative estimate of drug-likeness (QED) is 0.667. The van der Waals surface area contributed by atoms with Crippen LogP contribution in [0, 0.1) is 0 Å². The number of carbonyl (C=O) groups excluding carboxylic acids is 3. The highest BCUT2D eigenvalue weighted by atomic mass is 16.5. The van der Waals surface area contributed by atoms with Gasteiger partial charge in [-0.1, -0.05) is 0 Å². The molecule has 0 aliphatic rings. The van der Waals surface area contributed by atoms with E-state index in [0.717, 1.165) is 0 Å². The molecule has 1 aromatic rings. The van der Waals surface area contributed by atoms with Crippen LogP contribution in [0.5, 0.6) is 0 Å². The van der Waals surface area contributed by atoms with E-state index in [-0.39, 0.29) is 6.54 Å². The number of nitrogens with one attached hydrogen (secondary N) is 2. The summed E-state index contributed by atoms with van der Waals surface area (Å²) in [5, 5.41) is 4.40. The largest absolute Gasteiger partial charge is 0.454 e. The molecule has 0 saturated heterocycles. The molecule has 0 atom stereocenters. The molecule has 0 bridgehead atoms. The normalized spacial score (nSPS) is 9.62. The van der Waals surface area contributed by atoms with Gasteiger partial charge in [-0.15, -0.1) is 0 Å². The SMILES string of the molecule is CCNC(=O)NC(=O)COC(=O)CN(C)c1ncccn1. The van der Waals surface area contributed by atoms with Crippen LogP contribution in [0.1, 0.15) is 6.92 Å². The van der Waals surface area contributed by atoms with Crippen molar-refractivity contribution in [3.05, 3.63) is 18.5 Å². The van der Waals surface area contributed by atoms with Crippen LogP contribution in [0.3, 0.4) is 0 Å². The van der Waals surface area contributed by atoms with Gasteiger partial charge in [0.25, 0.3) is 5.91 Å². The van der Waals surface area contributed by atoms with Crippen LogP contribution < -0.4 is 15.5 Å². The second-order valence-corrected chi connectivity index (χ2v) is 3.97. The number of urea groups is 1. The van der Waals surface area contributed by atoms with E-state index >= 15 is 0 Å². The molecule has 0 fully saturated rings. The Hall–Kier alpha value is -2.71. The highest BCUT2D eigenvalue weighted by molar-refractivity contribution is 5.95. The molecule has 21 heavy (non-hydrogen) atoms. The van der Waals surface area contributed by atoms with Crippen LogP contribution >= 0.6 is 0 Å². The Bertz CT molecular complexity index is 494. The maximum atomic E-state index is 11.5. The standard InChI is InChI=1S/C12H17N5O4/c1-3-13-12(20)16-9(18)8-21-10(19)7-17(2)11-14-5-4-6-15-11/h4-6H,3,7-8H2,1-2H3,(H2,13,16,18,20). The van der Waals surface area contributed by atoms with Crippen LogP contribution in [-0.4, -0.2) is 54.6 Å². The number of rotatable bonds is 6. The number of aromatic nitrogens is 2. The molecule has 0 aliphatic heterocycles. The summed E-state index contributed by atoms with van der Waals surface area (Å²) in [6.07, 6.45) is 3.09. The van der Waals surface area contributed by atoms with E-state index in [1.165, 1.54) is 4.90 Å². The average Bonchev–Trinajstić information content (AvgIpc) is 2.46. The highest BCUT2D eigenvalue weighted by Gasteiger charge is 2.13. The van der Waals surface area contributed by atoms with Gasteiger partial charge in [0.2, 0.25) is 5.95 Å². The number of esters is 1. The first-order valence-corrected chi connectivity index (χ1v) is 6.24. The van der Waals surface area contributed by atoms with E-state index in [9.17, 15) is 14.4 Å². The van der Waals surface area contributed by atoms with E-state index in [1.807, 2.05) is 5.32 Å². The van der Waals surface area contributed by atoms with Gasteiger partial charge < -0.3 is 15.0 Å². The first-order chi connectivity index (χ1) is 10.0. The van der Waals surface area contributed by atoms with Gasteiger partial charge in [-0.2, -0.15) is 0 Å². The van der Waals surface area contributed by atoms with E-state index in [0.29, 0.717) is 12.5 Å². The van der Waals surface area contributed by atoms with Crippen LogP contribution in [0.4, 0.5) is 10.7 Å². The van der Waals surface area contributed by atoms with Crippen molar-refractivity contribution >= 4 is 23.9 Å². The van der Waals surface area contributed by atoms with Crippen LogP contribution in [0.25, 0.3) is 0 Å². The Labute approximate surface area is 121 Å². The summed E-state index contributed by atoms with van der Waals surface area (Å²) >= 11 is 0. The maximum absolute atomic E-state index is 11.5. The molecular formula is C12H17N5O4. The number of ether oxygens (including phenoxy) is 1. The maximum Gasteiger partial charge on any atom is 0.326 e. The molecule has 0 unspecified atom stereocenters. The van der Waals surface area contributed by atoms with Gasteiger partial charge in [-0.05, 0) is 13.0 Å². The van der Waals surface area contributed by atoms with Crippen LogP contribution in [0.15, 0.2) is 18.5 Å². The van der Waals surface area contributed by atoms with E-state index in [2.05, 4.69) is 15.3 Å². The number of amides is 3. The Kier molecular flexibility index (Phi) is 6.58. The van der Waals surface area contributed by atoms with Gasteiger partial charge in [0.05, 0.1) is 0 Å². The molecule has 0 aliphatic carbocycles. The van der Waals surface area contributed by atoms with E-state index in [1.54, 1.807) is 32.4 Å². The number of nitrogens with zero attached hydrogens (tertiary/aromatic N) is 3. The smallest absolute Gasteiger partial charge is 0.326 e. The van der Waals surface area contributed by atoms with Crippen molar-refractivity contribution in [2.24, 2.45) is 0 Å². The Morgan fingerprint density at radius 2 is 1.95 bits per heavy atom. The molecule has 9 heteroatoms. The van der Waals surface area contributed by atoms with Crippen molar-refractivity contribution in [2.75, 3.05) is 31.6 Å². The second-order valence-electron chi connectivity index (χ2n) is 3.97. The van der Waals surface area contributed by atoms with Crippen LogP contribution in [-0.2, 0) is 14.3 Å². The summed E-state index contributed by atoms with van der Waals surface area (Å²) in [6.45, 7) is 1.46. The summed E-state index contributed by atoms with van der Waals surface area (Å²) in [6, 6.07) is 1.02. The summed E-state index contributed by atoms with van der Waals surface area (Å²) in [7, 11) is 1.62. The van der Waals surface area contributed by atoms with Gasteiger partial charge in [0, 0.05) is 26.0 Å². The molecule has 0 saturated carbocycles. The van der Waals surface area contributed by atoms with Gasteiger partial charge in [-0.3, -0.25) is 14.9 Å². The number of imide groups is 1. The van der Waals surface area contributed by atoms with Gasteiger partial charge in [0.15, 0.2) is 6.61 Å². The molecule has 0 radical (unpaired) electrons. The van der Waals surface area contributed by atoms with Gasteiger partial charge in [-0.25, -0.2) is 14.8 Å². The first kappa shape index (κ1) is 16.3. The lowest BCUT2D eigenvalue weighted by molar-refractivity contribution is -0.146. The third-order valence-corrected chi connectivity index (χ3v) is 2.21. The molecule has 0 aromatic carbocycles. The fourth-order valence-electron chi connectivity index (χ4n) is 1.31. The second kappa shape index (κ2) is 8.46. The molecule has 1 aromatic heterocycles. The number of hydrogen-bond acceptors (Lipinski definition) is 7. The third-order valence-electron chi connectivity index (χ3n) is 2.21. The van der Waals surface area contributed by atoms with Crippen molar-refractivity contribution in [3.8, 4) is 0 Å². The molecule has 9 nitrogen and oxygen atoms in total. The molecule has 0 spiro atoms. The number of anilines is 1. The summed E-state index contributed by atoms with van der Waals surface area (Å²) in [5.74, 6) is -0.967. The Morgan fingerprint density at radius 3 is 2.57 bits per heavy atom. The zero-order valence-electron chi connectivity index (χ0n) is 11.8. The number of carbonyl (C=O) groups is 3.